The fourth-order valence-electron chi connectivity index (χ4n) is 0.816. The van der Waals surface area contributed by atoms with Crippen molar-refractivity contribution in [1.82, 2.24) is 0 Å². The van der Waals surface area contributed by atoms with Crippen LogP contribution in [0.5, 0.6) is 0 Å². The maximum Gasteiger partial charge on any atom is 0.249 e. The summed E-state index contributed by atoms with van der Waals surface area (Å²) in [5, 5.41) is 22.7. The van der Waals surface area contributed by atoms with E-state index in [1.807, 2.05) is 6.07 Å². The van der Waals surface area contributed by atoms with Gasteiger partial charge in [-0.3, -0.25) is 0 Å². The summed E-state index contributed by atoms with van der Waals surface area (Å²) in [5.74, 6) is 0. The molecule has 0 N–H and O–H groups in total. The second-order valence-corrected chi connectivity index (χ2v) is 2.20. The van der Waals surface area contributed by atoms with Crippen molar-refractivity contribution < 1.29 is 9.70 Å². The van der Waals surface area contributed by atoms with Gasteiger partial charge in [0.1, 0.15) is 7.11 Å². The molecule has 1 rings (SSSR count). The number of rotatable bonds is 2. The molecule has 0 aliphatic carbocycles. The quantitative estimate of drug-likeness (QED) is 0.392. The van der Waals surface area contributed by atoms with Crippen LogP contribution in [0.15, 0.2) is 29.5 Å². The molecular weight excluding hydrogens is 170 g/mol. The van der Waals surface area contributed by atoms with E-state index in [-0.39, 0.29) is 5.69 Å². The van der Waals surface area contributed by atoms with Crippen molar-refractivity contribution in [2.45, 2.75) is 0 Å². The number of nitrogens with zero attached hydrogens (tertiary/aromatic N) is 3. The van der Waals surface area contributed by atoms with Gasteiger partial charge in [-0.05, 0) is 10.9 Å². The molecule has 5 heteroatoms. The highest BCUT2D eigenvalue weighted by atomic mass is 16.7. The molecule has 13 heavy (non-hydrogen) atoms. The molecule has 0 fully saturated rings. The highest BCUT2D eigenvalue weighted by Gasteiger charge is 2.03. The standard InChI is InChI=1S/C8H7N3O2/c1-13-10-11(12)8-4-2-3-7(5-8)6-9/h2-5H,1H3/b11-10-. The van der Waals surface area contributed by atoms with Gasteiger partial charge in [0.2, 0.25) is 11.0 Å². The van der Waals surface area contributed by atoms with E-state index in [4.69, 9.17) is 5.26 Å². The van der Waals surface area contributed by atoms with E-state index in [2.05, 4.69) is 10.1 Å². The molecule has 0 bridgehead atoms. The van der Waals surface area contributed by atoms with Gasteiger partial charge >= 0.3 is 0 Å². The van der Waals surface area contributed by atoms with Crippen LogP contribution in [0, 0.1) is 16.5 Å². The normalized spacial score (nSPS) is 10.6. The Morgan fingerprint density at radius 2 is 2.38 bits per heavy atom. The van der Waals surface area contributed by atoms with Crippen molar-refractivity contribution in [1.29, 1.82) is 5.26 Å². The lowest BCUT2D eigenvalue weighted by atomic mass is 10.2. The summed E-state index contributed by atoms with van der Waals surface area (Å²) in [7, 11) is 1.28. The largest absolute Gasteiger partial charge is 0.592 e. The van der Waals surface area contributed by atoms with Crippen LogP contribution in [0.25, 0.3) is 0 Å². The van der Waals surface area contributed by atoms with E-state index in [1.54, 1.807) is 12.1 Å². The van der Waals surface area contributed by atoms with Gasteiger partial charge in [-0.1, -0.05) is 6.07 Å². The van der Waals surface area contributed by atoms with E-state index in [0.29, 0.717) is 10.4 Å². The van der Waals surface area contributed by atoms with Gasteiger partial charge < -0.3 is 10.0 Å². The molecular formula is C8H7N3O2. The van der Waals surface area contributed by atoms with E-state index in [0.717, 1.165) is 0 Å². The predicted octanol–water partition coefficient (Wildman–Crippen LogP) is 1.71. The Hall–Kier alpha value is -2.09. The second-order valence-electron chi connectivity index (χ2n) is 2.20. The topological polar surface area (TPSA) is 71.4 Å². The predicted molar refractivity (Wildman–Crippen MR) is 43.9 cm³/mol. The number of nitriles is 1. The zero-order chi connectivity index (χ0) is 9.68. The lowest BCUT2D eigenvalue weighted by molar-refractivity contribution is -0.476. The number of benzene rings is 1. The van der Waals surface area contributed by atoms with E-state index in [1.165, 1.54) is 19.2 Å². The third-order valence-corrected chi connectivity index (χ3v) is 1.35. The molecule has 0 aliphatic rings. The minimum atomic E-state index is 0.265. The summed E-state index contributed by atoms with van der Waals surface area (Å²) in [4.78, 5) is 4.59. The molecule has 5 nitrogen and oxygen atoms in total. The lowest BCUT2D eigenvalue weighted by Crippen LogP contribution is -1.92. The molecule has 66 valence electrons. The highest BCUT2D eigenvalue weighted by Crippen LogP contribution is 2.12. The first kappa shape index (κ1) is 9.00. The minimum Gasteiger partial charge on any atom is -0.592 e. The molecule has 0 amide bonds. The summed E-state index contributed by atoms with van der Waals surface area (Å²) >= 11 is 0. The average Bonchev–Trinajstić information content (AvgIpc) is 2.18. The third-order valence-electron chi connectivity index (χ3n) is 1.35. The molecule has 0 atom stereocenters. The number of hydrogen-bond acceptors (Lipinski definition) is 4. The molecule has 0 saturated heterocycles. The summed E-state index contributed by atoms with van der Waals surface area (Å²) in [6.07, 6.45) is 0. The minimum absolute atomic E-state index is 0.265. The second kappa shape index (κ2) is 4.07. The molecule has 0 radical (unpaired) electrons. The molecule has 0 aliphatic heterocycles. The van der Waals surface area contributed by atoms with Gasteiger partial charge in [0.15, 0.2) is 0 Å². The van der Waals surface area contributed by atoms with Crippen molar-refractivity contribution in [2.24, 2.45) is 5.28 Å². The van der Waals surface area contributed by atoms with Crippen molar-refractivity contribution in [3.8, 4) is 6.07 Å². The lowest BCUT2D eigenvalue weighted by Gasteiger charge is -1.97. The van der Waals surface area contributed by atoms with Gasteiger partial charge in [-0.15, -0.1) is 0 Å². The fraction of sp³-hybridized carbons (Fsp3) is 0.125. The average molecular weight is 177 g/mol. The third kappa shape index (κ3) is 2.17. The molecule has 0 heterocycles. The maximum atomic E-state index is 11.0. The SMILES string of the molecule is CO/N=[N+](\[O-])c1cccc(C#N)c1. The first-order chi connectivity index (χ1) is 6.27. The zero-order valence-corrected chi connectivity index (χ0v) is 6.97. The Morgan fingerprint density at radius 1 is 1.62 bits per heavy atom. The Labute approximate surface area is 75.0 Å². The summed E-state index contributed by atoms with van der Waals surface area (Å²) in [5.41, 5.74) is 0.672. The molecule has 0 saturated carbocycles. The van der Waals surface area contributed by atoms with Crippen LogP contribution >= 0.6 is 0 Å². The van der Waals surface area contributed by atoms with Crippen LogP contribution in [0.3, 0.4) is 0 Å². The van der Waals surface area contributed by atoms with Gasteiger partial charge in [0.05, 0.1) is 11.6 Å². The summed E-state index contributed by atoms with van der Waals surface area (Å²) in [6, 6.07) is 8.08. The van der Waals surface area contributed by atoms with Gasteiger partial charge in [0, 0.05) is 12.1 Å². The molecule has 1 aromatic rings. The first-order valence-electron chi connectivity index (χ1n) is 3.49. The van der Waals surface area contributed by atoms with Crippen molar-refractivity contribution in [3.63, 3.8) is 0 Å². The van der Waals surface area contributed by atoms with Crippen molar-refractivity contribution >= 4 is 5.69 Å². The first-order valence-corrected chi connectivity index (χ1v) is 3.49. The Morgan fingerprint density at radius 3 is 3.00 bits per heavy atom. The van der Waals surface area contributed by atoms with Gasteiger partial charge in [-0.2, -0.15) is 5.26 Å². The van der Waals surface area contributed by atoms with Crippen molar-refractivity contribution in [3.05, 3.63) is 35.0 Å². The Balaban J connectivity index is 3.03. The van der Waals surface area contributed by atoms with E-state index in [9.17, 15) is 5.21 Å². The van der Waals surface area contributed by atoms with Crippen LogP contribution < -0.4 is 0 Å². The summed E-state index contributed by atoms with van der Waals surface area (Å²) < 4.78 is 0. The molecule has 0 unspecified atom stereocenters. The smallest absolute Gasteiger partial charge is 0.249 e. The van der Waals surface area contributed by atoms with E-state index >= 15 is 0 Å². The zero-order valence-electron chi connectivity index (χ0n) is 6.97. The van der Waals surface area contributed by atoms with Crippen LogP contribution in [0.1, 0.15) is 5.56 Å². The van der Waals surface area contributed by atoms with Crippen LogP contribution in [-0.2, 0) is 4.84 Å². The van der Waals surface area contributed by atoms with E-state index < -0.39 is 0 Å². The van der Waals surface area contributed by atoms with Gasteiger partial charge in [0.25, 0.3) is 0 Å². The molecule has 0 spiro atoms. The Bertz CT molecular complexity index is 368. The van der Waals surface area contributed by atoms with Crippen LogP contribution in [0.2, 0.25) is 0 Å². The van der Waals surface area contributed by atoms with Crippen LogP contribution in [0.4, 0.5) is 5.69 Å². The molecule has 1 aromatic carbocycles. The maximum absolute atomic E-state index is 11.0. The molecule has 0 aromatic heterocycles. The number of hydrogen-bond donors (Lipinski definition) is 0. The monoisotopic (exact) mass is 177 g/mol. The highest BCUT2D eigenvalue weighted by molar-refractivity contribution is 5.40. The Kier molecular flexibility index (Phi) is 2.82. The fourth-order valence-corrected chi connectivity index (χ4v) is 0.816. The summed E-state index contributed by atoms with van der Waals surface area (Å²) in [6.45, 7) is 0. The van der Waals surface area contributed by atoms with Crippen LogP contribution in [-0.4, -0.2) is 12.0 Å². The van der Waals surface area contributed by atoms with Gasteiger partial charge in [-0.25, -0.2) is 0 Å². The van der Waals surface area contributed by atoms with Crippen molar-refractivity contribution in [2.75, 3.05) is 7.11 Å².